The Morgan fingerprint density at radius 1 is 0.889 bits per heavy atom. The third-order valence-corrected chi connectivity index (χ3v) is 1.62. The van der Waals surface area contributed by atoms with Crippen molar-refractivity contribution >= 4 is 0 Å². The van der Waals surface area contributed by atoms with Gasteiger partial charge in [0.1, 0.15) is 0 Å². The molecule has 0 radical (unpaired) electrons. The van der Waals surface area contributed by atoms with E-state index in [0.29, 0.717) is 0 Å². The van der Waals surface area contributed by atoms with Gasteiger partial charge in [-0.3, -0.25) is 0 Å². The summed E-state index contributed by atoms with van der Waals surface area (Å²) in [6, 6.07) is 0. The van der Waals surface area contributed by atoms with Crippen LogP contribution in [0.15, 0.2) is 0 Å². The Labute approximate surface area is 57.7 Å². The molecule has 0 nitrogen and oxygen atoms in total. The van der Waals surface area contributed by atoms with Crippen LogP contribution in [0.3, 0.4) is 0 Å². The van der Waals surface area contributed by atoms with Crippen LogP contribution in [0.4, 0.5) is 0 Å². The quantitative estimate of drug-likeness (QED) is 0.433. The predicted molar refractivity (Wildman–Crippen MR) is 40.0 cm³/mol. The van der Waals surface area contributed by atoms with E-state index in [-0.39, 0.29) is 10.8 Å². The van der Waals surface area contributed by atoms with E-state index in [1.165, 1.54) is 6.42 Å². The van der Waals surface area contributed by atoms with Crippen molar-refractivity contribution < 1.29 is 0 Å². The van der Waals surface area contributed by atoms with Gasteiger partial charge in [-0.15, -0.1) is 0 Å². The minimum absolute atomic E-state index is 0.267. The van der Waals surface area contributed by atoms with E-state index in [1.54, 1.807) is 0 Å². The molecule has 9 heavy (non-hydrogen) atoms. The van der Waals surface area contributed by atoms with Crippen LogP contribution in [-0.4, -0.2) is 0 Å². The van der Waals surface area contributed by atoms with E-state index in [0.717, 1.165) is 0 Å². The summed E-state index contributed by atoms with van der Waals surface area (Å²) in [7, 11) is 0. The number of rotatable bonds is 0. The first kappa shape index (κ1) is 6.68. The van der Waals surface area contributed by atoms with Crippen molar-refractivity contribution in [3.63, 3.8) is 0 Å². The molecule has 0 aliphatic heterocycles. The summed E-state index contributed by atoms with van der Waals surface area (Å²) in [4.78, 5) is 0. The lowest BCUT2D eigenvalue weighted by Gasteiger charge is -2.19. The average molecular weight is 122 g/mol. The molecular formula is C9H14. The minimum atomic E-state index is 0.267. The summed E-state index contributed by atoms with van der Waals surface area (Å²) < 4.78 is 0. The van der Waals surface area contributed by atoms with Crippen molar-refractivity contribution in [1.29, 1.82) is 0 Å². The van der Waals surface area contributed by atoms with Crippen molar-refractivity contribution in [1.82, 2.24) is 0 Å². The topological polar surface area (TPSA) is 0 Å². The van der Waals surface area contributed by atoms with E-state index in [1.807, 2.05) is 0 Å². The maximum absolute atomic E-state index is 3.24. The Morgan fingerprint density at radius 3 is 1.33 bits per heavy atom. The zero-order valence-corrected chi connectivity index (χ0v) is 6.71. The van der Waals surface area contributed by atoms with Gasteiger partial charge >= 0.3 is 0 Å². The van der Waals surface area contributed by atoms with Crippen LogP contribution in [0.25, 0.3) is 0 Å². The number of hydrogen-bond donors (Lipinski definition) is 0. The monoisotopic (exact) mass is 122 g/mol. The molecule has 0 heteroatoms. The van der Waals surface area contributed by atoms with Crippen LogP contribution < -0.4 is 0 Å². The Balaban J connectivity index is 2.76. The fourth-order valence-electron chi connectivity index (χ4n) is 1.53. The van der Waals surface area contributed by atoms with Gasteiger partial charge in [0.15, 0.2) is 0 Å². The van der Waals surface area contributed by atoms with Gasteiger partial charge in [-0.1, -0.05) is 11.8 Å². The van der Waals surface area contributed by atoms with Gasteiger partial charge in [-0.2, -0.15) is 0 Å². The van der Waals surface area contributed by atoms with Crippen molar-refractivity contribution in [2.24, 2.45) is 10.8 Å². The predicted octanol–water partition coefficient (Wildman–Crippen LogP) is 2.45. The molecule has 0 N–H and O–H groups in total. The molecule has 0 unspecified atom stereocenters. The van der Waals surface area contributed by atoms with E-state index in [9.17, 15) is 0 Å². The fourth-order valence-corrected chi connectivity index (χ4v) is 1.53. The van der Waals surface area contributed by atoms with Crippen LogP contribution in [0.2, 0.25) is 0 Å². The molecule has 0 saturated carbocycles. The minimum Gasteiger partial charge on any atom is -0.0965 e. The highest BCUT2D eigenvalue weighted by atomic mass is 14.3. The molecule has 50 valence electrons. The first-order valence-corrected chi connectivity index (χ1v) is 3.46. The Kier molecular flexibility index (Phi) is 1.14. The Hall–Kier alpha value is -0.440. The molecule has 1 aliphatic rings. The fraction of sp³-hybridized carbons (Fsp3) is 0.778. The molecule has 0 heterocycles. The van der Waals surface area contributed by atoms with Crippen LogP contribution in [0.1, 0.15) is 34.1 Å². The summed E-state index contributed by atoms with van der Waals surface area (Å²) in [5.41, 5.74) is 0.535. The molecule has 0 atom stereocenters. The molecule has 1 aliphatic carbocycles. The van der Waals surface area contributed by atoms with Crippen LogP contribution >= 0.6 is 0 Å². The summed E-state index contributed by atoms with van der Waals surface area (Å²) in [6.07, 6.45) is 1.18. The third-order valence-electron chi connectivity index (χ3n) is 1.62. The van der Waals surface area contributed by atoms with Gasteiger partial charge < -0.3 is 0 Å². The second kappa shape index (κ2) is 1.53. The second-order valence-electron chi connectivity index (χ2n) is 4.19. The molecular weight excluding hydrogens is 108 g/mol. The van der Waals surface area contributed by atoms with Gasteiger partial charge in [0.2, 0.25) is 0 Å². The van der Waals surface area contributed by atoms with E-state index in [4.69, 9.17) is 0 Å². The van der Waals surface area contributed by atoms with E-state index >= 15 is 0 Å². The van der Waals surface area contributed by atoms with Gasteiger partial charge in [-0.25, -0.2) is 0 Å². The maximum Gasteiger partial charge on any atom is 0.0272 e. The van der Waals surface area contributed by atoms with Crippen molar-refractivity contribution in [2.45, 2.75) is 34.1 Å². The zero-order chi connectivity index (χ0) is 7.12. The first-order valence-electron chi connectivity index (χ1n) is 3.46. The largest absolute Gasteiger partial charge is 0.0965 e. The molecule has 0 aromatic carbocycles. The molecule has 0 aromatic heterocycles. The summed E-state index contributed by atoms with van der Waals surface area (Å²) in [5.74, 6) is 6.47. The highest BCUT2D eigenvalue weighted by Gasteiger charge is 2.30. The van der Waals surface area contributed by atoms with E-state index in [2.05, 4.69) is 39.5 Å². The summed E-state index contributed by atoms with van der Waals surface area (Å²) in [6.45, 7) is 8.81. The lowest BCUT2D eigenvalue weighted by atomic mass is 9.82. The maximum atomic E-state index is 3.24. The average Bonchev–Trinajstić information content (AvgIpc) is 1.78. The lowest BCUT2D eigenvalue weighted by molar-refractivity contribution is 0.342. The molecule has 0 saturated heterocycles. The summed E-state index contributed by atoms with van der Waals surface area (Å²) >= 11 is 0. The number of hydrogen-bond acceptors (Lipinski definition) is 0. The second-order valence-corrected chi connectivity index (χ2v) is 4.19. The van der Waals surface area contributed by atoms with Crippen LogP contribution in [0.5, 0.6) is 0 Å². The molecule has 0 amide bonds. The molecule has 1 rings (SSSR count). The SMILES string of the molecule is CC1(C)C#CC(C)(C)C1. The molecule has 0 bridgehead atoms. The standard InChI is InChI=1S/C9H14/c1-8(2)5-6-9(3,4)7-8/h7H2,1-4H3. The molecule has 0 aromatic rings. The highest BCUT2D eigenvalue weighted by Crippen LogP contribution is 2.37. The van der Waals surface area contributed by atoms with Gasteiger partial charge in [0.25, 0.3) is 0 Å². The van der Waals surface area contributed by atoms with Gasteiger partial charge in [-0.05, 0) is 34.1 Å². The molecule has 0 spiro atoms. The van der Waals surface area contributed by atoms with Crippen molar-refractivity contribution in [3.8, 4) is 11.8 Å². The smallest absolute Gasteiger partial charge is 0.0272 e. The van der Waals surface area contributed by atoms with Crippen molar-refractivity contribution in [2.75, 3.05) is 0 Å². The molecule has 0 fully saturated rings. The lowest BCUT2D eigenvalue weighted by Crippen LogP contribution is -2.13. The van der Waals surface area contributed by atoms with E-state index < -0.39 is 0 Å². The van der Waals surface area contributed by atoms with Gasteiger partial charge in [0.05, 0.1) is 0 Å². The zero-order valence-electron chi connectivity index (χ0n) is 6.71. The normalized spacial score (nSPS) is 27.1. The Bertz CT molecular complexity index is 156. The van der Waals surface area contributed by atoms with Crippen molar-refractivity contribution in [3.05, 3.63) is 0 Å². The highest BCUT2D eigenvalue weighted by molar-refractivity contribution is 5.23. The third kappa shape index (κ3) is 1.48. The first-order chi connectivity index (χ1) is 3.91. The van der Waals surface area contributed by atoms with Crippen LogP contribution in [-0.2, 0) is 0 Å². The Morgan fingerprint density at radius 2 is 1.22 bits per heavy atom. The van der Waals surface area contributed by atoms with Gasteiger partial charge in [0, 0.05) is 10.8 Å². The van der Waals surface area contributed by atoms with Crippen LogP contribution in [0, 0.1) is 22.7 Å². The summed E-state index contributed by atoms with van der Waals surface area (Å²) in [5, 5.41) is 0.